The molecule has 2 heterocycles. The Balaban J connectivity index is 1.60. The smallest absolute Gasteiger partial charge is 0.257 e. The zero-order chi connectivity index (χ0) is 19.7. The molecular formula is C23H24N2O3. The number of hydrogen-bond acceptors (Lipinski definition) is 4. The van der Waals surface area contributed by atoms with E-state index < -0.39 is 0 Å². The Morgan fingerprint density at radius 3 is 2.64 bits per heavy atom. The summed E-state index contributed by atoms with van der Waals surface area (Å²) < 4.78 is 11.2. The molecule has 1 aromatic heterocycles. The lowest BCUT2D eigenvalue weighted by molar-refractivity contribution is 0.0789. The van der Waals surface area contributed by atoms with Crippen molar-refractivity contribution < 1.29 is 13.9 Å². The van der Waals surface area contributed by atoms with Crippen LogP contribution >= 0.6 is 0 Å². The molecule has 0 bridgehead atoms. The highest BCUT2D eigenvalue weighted by Crippen LogP contribution is 2.33. The fourth-order valence-electron chi connectivity index (χ4n) is 3.87. The Bertz CT molecular complexity index is 981. The third-order valence-corrected chi connectivity index (χ3v) is 5.30. The highest BCUT2D eigenvalue weighted by molar-refractivity contribution is 6.00. The number of benzene rings is 2. The van der Waals surface area contributed by atoms with E-state index in [-0.39, 0.29) is 17.9 Å². The van der Waals surface area contributed by atoms with Gasteiger partial charge in [-0.1, -0.05) is 42.5 Å². The average molecular weight is 376 g/mol. The van der Waals surface area contributed by atoms with Gasteiger partial charge in [-0.25, -0.2) is 0 Å². The van der Waals surface area contributed by atoms with Gasteiger partial charge in [0.05, 0.1) is 12.7 Å². The quantitative estimate of drug-likeness (QED) is 0.751. The maximum absolute atomic E-state index is 13.3. The minimum atomic E-state index is -0.121. The van der Waals surface area contributed by atoms with Crippen LogP contribution in [-0.4, -0.2) is 37.0 Å². The summed E-state index contributed by atoms with van der Waals surface area (Å²) in [6.07, 6.45) is 0. The van der Waals surface area contributed by atoms with Gasteiger partial charge in [0.25, 0.3) is 5.91 Å². The summed E-state index contributed by atoms with van der Waals surface area (Å²) in [4.78, 5) is 15.1. The Hall–Kier alpha value is -3.05. The van der Waals surface area contributed by atoms with Crippen molar-refractivity contribution in [2.45, 2.75) is 18.9 Å². The fraction of sp³-hybridized carbons (Fsp3) is 0.261. The molecule has 0 aliphatic carbocycles. The van der Waals surface area contributed by atoms with Gasteiger partial charge in [-0.15, -0.1) is 0 Å². The first-order valence-corrected chi connectivity index (χ1v) is 9.41. The molecule has 5 heteroatoms. The fourth-order valence-corrected chi connectivity index (χ4v) is 3.87. The molecule has 1 aliphatic heterocycles. The van der Waals surface area contributed by atoms with Gasteiger partial charge in [0.2, 0.25) is 0 Å². The van der Waals surface area contributed by atoms with Crippen molar-refractivity contribution >= 4 is 5.91 Å². The molecule has 1 aliphatic rings. The van der Waals surface area contributed by atoms with Crippen LogP contribution in [0.15, 0.2) is 65.1 Å². The van der Waals surface area contributed by atoms with E-state index in [4.69, 9.17) is 14.9 Å². The minimum absolute atomic E-state index is 0.0449. The first-order chi connectivity index (χ1) is 13.6. The number of ether oxygens (including phenoxy) is 1. The number of furan rings is 1. The summed E-state index contributed by atoms with van der Waals surface area (Å²) in [5.74, 6) is 2.16. The lowest BCUT2D eigenvalue weighted by Gasteiger charge is -2.17. The van der Waals surface area contributed by atoms with Crippen LogP contribution in [0.2, 0.25) is 0 Å². The highest BCUT2D eigenvalue weighted by atomic mass is 16.5. The van der Waals surface area contributed by atoms with Crippen LogP contribution in [0.5, 0.6) is 5.75 Å². The average Bonchev–Trinajstić information content (AvgIpc) is 3.31. The number of likely N-dealkylation sites (tertiary alicyclic amines) is 1. The molecule has 4 rings (SSSR count). The van der Waals surface area contributed by atoms with Crippen molar-refractivity contribution in [2.24, 2.45) is 5.73 Å². The van der Waals surface area contributed by atoms with Gasteiger partial charge in [0.1, 0.15) is 17.3 Å². The van der Waals surface area contributed by atoms with E-state index in [0.717, 1.165) is 22.6 Å². The van der Waals surface area contributed by atoms with Crippen molar-refractivity contribution in [3.8, 4) is 17.1 Å². The molecule has 0 radical (unpaired) electrons. The van der Waals surface area contributed by atoms with Crippen molar-refractivity contribution in [1.82, 2.24) is 4.90 Å². The standard InChI is InChI=1S/C23H24N2O3/c1-15-11-19(22(28-15)16-7-4-3-5-8-16)23(26)25-13-20(21(24)14-25)17-9-6-10-18(12-17)27-2/h3-12,20-21H,13-14,24H2,1-2H3/t20-,21+/m1/s1. The maximum atomic E-state index is 13.3. The maximum Gasteiger partial charge on any atom is 0.257 e. The zero-order valence-electron chi connectivity index (χ0n) is 16.1. The van der Waals surface area contributed by atoms with Crippen LogP contribution in [0.3, 0.4) is 0 Å². The number of rotatable bonds is 4. The number of methoxy groups -OCH3 is 1. The third-order valence-electron chi connectivity index (χ3n) is 5.30. The molecule has 3 aromatic rings. The lowest BCUT2D eigenvalue weighted by atomic mass is 9.95. The molecule has 2 atom stereocenters. The summed E-state index contributed by atoms with van der Waals surface area (Å²) in [5.41, 5.74) is 8.98. The Kier molecular flexibility index (Phi) is 4.92. The molecule has 2 aromatic carbocycles. The Labute approximate surface area is 164 Å². The van der Waals surface area contributed by atoms with Crippen LogP contribution < -0.4 is 10.5 Å². The van der Waals surface area contributed by atoms with E-state index in [2.05, 4.69) is 0 Å². The first-order valence-electron chi connectivity index (χ1n) is 9.41. The van der Waals surface area contributed by atoms with E-state index in [0.29, 0.717) is 24.4 Å². The highest BCUT2D eigenvalue weighted by Gasteiger charge is 2.36. The van der Waals surface area contributed by atoms with Crippen molar-refractivity contribution in [2.75, 3.05) is 20.2 Å². The Morgan fingerprint density at radius 1 is 1.11 bits per heavy atom. The van der Waals surface area contributed by atoms with E-state index in [1.54, 1.807) is 7.11 Å². The van der Waals surface area contributed by atoms with E-state index in [9.17, 15) is 4.79 Å². The van der Waals surface area contributed by atoms with Crippen LogP contribution in [0.4, 0.5) is 0 Å². The molecule has 0 unspecified atom stereocenters. The Morgan fingerprint density at radius 2 is 1.89 bits per heavy atom. The monoisotopic (exact) mass is 376 g/mol. The number of hydrogen-bond donors (Lipinski definition) is 1. The number of nitrogens with zero attached hydrogens (tertiary/aromatic N) is 1. The number of carbonyl (C=O) groups excluding carboxylic acids is 1. The predicted molar refractivity (Wildman–Crippen MR) is 108 cm³/mol. The SMILES string of the molecule is COc1cccc([C@H]2CN(C(=O)c3cc(C)oc3-c3ccccc3)C[C@@H]2N)c1. The van der Waals surface area contributed by atoms with Gasteiger partial charge in [-0.2, -0.15) is 0 Å². The number of carbonyl (C=O) groups is 1. The van der Waals surface area contributed by atoms with Crippen molar-refractivity contribution in [3.05, 3.63) is 77.6 Å². The zero-order valence-corrected chi connectivity index (χ0v) is 16.1. The van der Waals surface area contributed by atoms with Gasteiger partial charge >= 0.3 is 0 Å². The van der Waals surface area contributed by atoms with Crippen molar-refractivity contribution in [1.29, 1.82) is 0 Å². The van der Waals surface area contributed by atoms with Gasteiger partial charge in [0, 0.05) is 30.6 Å². The van der Waals surface area contributed by atoms with Gasteiger partial charge in [-0.3, -0.25) is 4.79 Å². The molecule has 0 saturated carbocycles. The van der Waals surface area contributed by atoms with Crippen LogP contribution in [-0.2, 0) is 0 Å². The van der Waals surface area contributed by atoms with Crippen LogP contribution in [0, 0.1) is 6.92 Å². The lowest BCUT2D eigenvalue weighted by Crippen LogP contribution is -2.32. The molecule has 5 nitrogen and oxygen atoms in total. The topological polar surface area (TPSA) is 68.7 Å². The molecule has 144 valence electrons. The van der Waals surface area contributed by atoms with E-state index in [1.165, 1.54) is 0 Å². The summed E-state index contributed by atoms with van der Waals surface area (Å²) in [5, 5.41) is 0. The minimum Gasteiger partial charge on any atom is -0.497 e. The second kappa shape index (κ2) is 7.52. The van der Waals surface area contributed by atoms with Crippen LogP contribution in [0.1, 0.15) is 27.6 Å². The second-order valence-electron chi connectivity index (χ2n) is 7.22. The van der Waals surface area contributed by atoms with Crippen LogP contribution in [0.25, 0.3) is 11.3 Å². The first kappa shape index (κ1) is 18.3. The largest absolute Gasteiger partial charge is 0.497 e. The van der Waals surface area contributed by atoms with E-state index >= 15 is 0 Å². The second-order valence-corrected chi connectivity index (χ2v) is 7.22. The third kappa shape index (κ3) is 3.41. The van der Waals surface area contributed by atoms with Crippen molar-refractivity contribution in [3.63, 3.8) is 0 Å². The number of amides is 1. The summed E-state index contributed by atoms with van der Waals surface area (Å²) in [6, 6.07) is 19.3. The summed E-state index contributed by atoms with van der Waals surface area (Å²) in [6.45, 7) is 2.95. The number of nitrogens with two attached hydrogens (primary N) is 1. The molecule has 1 amide bonds. The van der Waals surface area contributed by atoms with Gasteiger partial charge in [0.15, 0.2) is 0 Å². The van der Waals surface area contributed by atoms with Gasteiger partial charge < -0.3 is 19.8 Å². The molecule has 1 saturated heterocycles. The normalized spacial score (nSPS) is 19.0. The predicted octanol–water partition coefficient (Wildman–Crippen LogP) is 3.83. The summed E-state index contributed by atoms with van der Waals surface area (Å²) >= 11 is 0. The van der Waals surface area contributed by atoms with E-state index in [1.807, 2.05) is 72.5 Å². The molecule has 1 fully saturated rings. The number of aryl methyl sites for hydroxylation is 1. The molecule has 2 N–H and O–H groups in total. The molecule has 0 spiro atoms. The molecule has 28 heavy (non-hydrogen) atoms. The summed E-state index contributed by atoms with van der Waals surface area (Å²) in [7, 11) is 1.65. The van der Waals surface area contributed by atoms with Gasteiger partial charge in [-0.05, 0) is 30.7 Å². The molecular weight excluding hydrogens is 352 g/mol.